The van der Waals surface area contributed by atoms with Crippen molar-refractivity contribution in [1.82, 2.24) is 4.98 Å². The first-order valence-corrected chi connectivity index (χ1v) is 6.67. The van der Waals surface area contributed by atoms with Gasteiger partial charge in [0, 0.05) is 11.8 Å². The number of nitrogens with zero attached hydrogens (tertiary/aromatic N) is 1. The van der Waals surface area contributed by atoms with E-state index < -0.39 is 12.2 Å². The maximum Gasteiger partial charge on any atom is 0.129 e. The summed E-state index contributed by atoms with van der Waals surface area (Å²) in [5.74, 6) is 0.483. The molecule has 0 spiro atoms. The molecule has 1 saturated carbocycles. The van der Waals surface area contributed by atoms with Crippen molar-refractivity contribution in [2.75, 3.05) is 5.73 Å². The number of nitrogens with two attached hydrogens (primary N) is 1. The molecule has 4 nitrogen and oxygen atoms in total. The molecule has 2 unspecified atom stereocenters. The van der Waals surface area contributed by atoms with Crippen LogP contribution in [-0.4, -0.2) is 21.3 Å². The SMILES string of the molecule is Cc1cnc(N)c(C(O)C(O)C2CCCCC2)c1. The van der Waals surface area contributed by atoms with Crippen LogP contribution in [0.4, 0.5) is 5.82 Å². The fourth-order valence-electron chi connectivity index (χ4n) is 2.76. The number of hydrogen-bond donors (Lipinski definition) is 3. The van der Waals surface area contributed by atoms with Crippen LogP contribution >= 0.6 is 0 Å². The number of hydrogen-bond acceptors (Lipinski definition) is 4. The van der Waals surface area contributed by atoms with Crippen LogP contribution in [0.3, 0.4) is 0 Å². The van der Waals surface area contributed by atoms with Crippen LogP contribution in [0.15, 0.2) is 12.3 Å². The molecule has 2 atom stereocenters. The maximum absolute atomic E-state index is 10.3. The van der Waals surface area contributed by atoms with Gasteiger partial charge in [0.05, 0.1) is 6.10 Å². The molecule has 1 aromatic heterocycles. The summed E-state index contributed by atoms with van der Waals surface area (Å²) in [5, 5.41) is 20.6. The lowest BCUT2D eigenvalue weighted by Crippen LogP contribution is -2.30. The maximum atomic E-state index is 10.3. The third-order valence-corrected chi connectivity index (χ3v) is 3.86. The molecule has 1 aliphatic carbocycles. The van der Waals surface area contributed by atoms with Gasteiger partial charge in [-0.15, -0.1) is 0 Å². The number of aromatic nitrogens is 1. The van der Waals surface area contributed by atoms with Gasteiger partial charge in [0.1, 0.15) is 11.9 Å². The van der Waals surface area contributed by atoms with Crippen LogP contribution in [0.2, 0.25) is 0 Å². The number of pyridine rings is 1. The Bertz CT molecular complexity index is 403. The summed E-state index contributed by atoms with van der Waals surface area (Å²) < 4.78 is 0. The van der Waals surface area contributed by atoms with Gasteiger partial charge < -0.3 is 15.9 Å². The van der Waals surface area contributed by atoms with Crippen molar-refractivity contribution < 1.29 is 10.2 Å². The van der Waals surface area contributed by atoms with Crippen LogP contribution in [0.25, 0.3) is 0 Å². The van der Waals surface area contributed by atoms with Gasteiger partial charge in [-0.05, 0) is 37.3 Å². The lowest BCUT2D eigenvalue weighted by molar-refractivity contribution is -0.0283. The van der Waals surface area contributed by atoms with Gasteiger partial charge in [-0.3, -0.25) is 0 Å². The topological polar surface area (TPSA) is 79.4 Å². The van der Waals surface area contributed by atoms with Crippen molar-refractivity contribution in [2.24, 2.45) is 5.92 Å². The van der Waals surface area contributed by atoms with Gasteiger partial charge in [0.25, 0.3) is 0 Å². The molecular weight excluding hydrogens is 228 g/mol. The summed E-state index contributed by atoms with van der Waals surface area (Å²) in [6, 6.07) is 1.80. The molecule has 18 heavy (non-hydrogen) atoms. The zero-order valence-corrected chi connectivity index (χ0v) is 10.8. The molecule has 1 heterocycles. The van der Waals surface area contributed by atoms with Crippen molar-refractivity contribution >= 4 is 5.82 Å². The normalized spacial score (nSPS) is 20.6. The highest BCUT2D eigenvalue weighted by molar-refractivity contribution is 5.42. The Hall–Kier alpha value is -1.13. The van der Waals surface area contributed by atoms with Gasteiger partial charge in [-0.25, -0.2) is 4.98 Å². The zero-order chi connectivity index (χ0) is 13.1. The molecule has 1 fully saturated rings. The summed E-state index contributed by atoms with van der Waals surface area (Å²) in [7, 11) is 0. The predicted molar refractivity (Wildman–Crippen MR) is 70.9 cm³/mol. The zero-order valence-electron chi connectivity index (χ0n) is 10.8. The largest absolute Gasteiger partial charge is 0.390 e. The first kappa shape index (κ1) is 13.3. The van der Waals surface area contributed by atoms with Crippen molar-refractivity contribution in [1.29, 1.82) is 0 Å². The molecule has 4 heteroatoms. The molecule has 2 rings (SSSR count). The second-order valence-corrected chi connectivity index (χ2v) is 5.32. The number of anilines is 1. The van der Waals surface area contributed by atoms with E-state index in [1.165, 1.54) is 6.42 Å². The molecule has 0 aromatic carbocycles. The second-order valence-electron chi connectivity index (χ2n) is 5.32. The molecule has 0 radical (unpaired) electrons. The summed E-state index contributed by atoms with van der Waals surface area (Å²) in [5.41, 5.74) is 7.26. The Morgan fingerprint density at radius 3 is 2.61 bits per heavy atom. The van der Waals surface area contributed by atoms with Crippen molar-refractivity contribution in [3.05, 3.63) is 23.4 Å². The number of aryl methyl sites for hydroxylation is 1. The van der Waals surface area contributed by atoms with Crippen LogP contribution in [0.1, 0.15) is 49.3 Å². The Morgan fingerprint density at radius 1 is 1.28 bits per heavy atom. The first-order chi connectivity index (χ1) is 8.59. The number of aliphatic hydroxyl groups excluding tert-OH is 2. The lowest BCUT2D eigenvalue weighted by atomic mass is 9.82. The Balaban J connectivity index is 2.13. The van der Waals surface area contributed by atoms with E-state index in [1.54, 1.807) is 12.3 Å². The van der Waals surface area contributed by atoms with Gasteiger partial charge in [0.2, 0.25) is 0 Å². The first-order valence-electron chi connectivity index (χ1n) is 6.67. The number of nitrogen functional groups attached to an aromatic ring is 1. The number of aliphatic hydroxyl groups is 2. The average molecular weight is 250 g/mol. The van der Waals surface area contributed by atoms with Crippen LogP contribution in [0.5, 0.6) is 0 Å². The third-order valence-electron chi connectivity index (χ3n) is 3.86. The second kappa shape index (κ2) is 5.67. The fraction of sp³-hybridized carbons (Fsp3) is 0.643. The molecule has 0 amide bonds. The lowest BCUT2D eigenvalue weighted by Gasteiger charge is -2.30. The highest BCUT2D eigenvalue weighted by Crippen LogP contribution is 2.33. The smallest absolute Gasteiger partial charge is 0.129 e. The summed E-state index contributed by atoms with van der Waals surface area (Å²) >= 11 is 0. The van der Waals surface area contributed by atoms with Gasteiger partial charge in [0.15, 0.2) is 0 Å². The summed E-state index contributed by atoms with van der Waals surface area (Å²) in [6.07, 6.45) is 5.46. The Morgan fingerprint density at radius 2 is 1.94 bits per heavy atom. The van der Waals surface area contributed by atoms with Gasteiger partial charge in [-0.1, -0.05) is 19.3 Å². The molecule has 0 bridgehead atoms. The van der Waals surface area contributed by atoms with E-state index in [0.717, 1.165) is 31.2 Å². The van der Waals surface area contributed by atoms with Gasteiger partial charge >= 0.3 is 0 Å². The highest BCUT2D eigenvalue weighted by atomic mass is 16.3. The van der Waals surface area contributed by atoms with E-state index in [0.29, 0.717) is 11.4 Å². The molecule has 0 saturated heterocycles. The van der Waals surface area contributed by atoms with E-state index in [2.05, 4.69) is 4.98 Å². The van der Waals surface area contributed by atoms with Crippen LogP contribution in [-0.2, 0) is 0 Å². The Labute approximate surface area is 108 Å². The standard InChI is InChI=1S/C14H22N2O2/c1-9-7-11(14(15)16-8-9)13(18)12(17)10-5-3-2-4-6-10/h7-8,10,12-13,17-18H,2-6H2,1H3,(H2,15,16). The van der Waals surface area contributed by atoms with E-state index >= 15 is 0 Å². The minimum atomic E-state index is -0.930. The molecular formula is C14H22N2O2. The fourth-order valence-corrected chi connectivity index (χ4v) is 2.76. The van der Waals surface area contributed by atoms with E-state index in [4.69, 9.17) is 5.73 Å². The third kappa shape index (κ3) is 2.82. The van der Waals surface area contributed by atoms with Crippen molar-refractivity contribution in [3.8, 4) is 0 Å². The molecule has 1 aromatic rings. The minimum absolute atomic E-state index is 0.175. The van der Waals surface area contributed by atoms with E-state index in [-0.39, 0.29) is 5.92 Å². The Kier molecular flexibility index (Phi) is 4.19. The van der Waals surface area contributed by atoms with Crippen LogP contribution in [0, 0.1) is 12.8 Å². The number of rotatable bonds is 3. The molecule has 100 valence electrons. The summed E-state index contributed by atoms with van der Waals surface area (Å²) in [6.45, 7) is 1.90. The van der Waals surface area contributed by atoms with E-state index in [9.17, 15) is 10.2 Å². The monoisotopic (exact) mass is 250 g/mol. The van der Waals surface area contributed by atoms with Crippen LogP contribution < -0.4 is 5.73 Å². The van der Waals surface area contributed by atoms with Crippen molar-refractivity contribution in [2.45, 2.75) is 51.2 Å². The van der Waals surface area contributed by atoms with Crippen molar-refractivity contribution in [3.63, 3.8) is 0 Å². The molecule has 1 aliphatic rings. The average Bonchev–Trinajstić information content (AvgIpc) is 2.41. The quantitative estimate of drug-likeness (QED) is 0.766. The molecule has 0 aliphatic heterocycles. The minimum Gasteiger partial charge on any atom is -0.390 e. The molecule has 4 N–H and O–H groups in total. The summed E-state index contributed by atoms with van der Waals surface area (Å²) in [4.78, 5) is 4.03. The van der Waals surface area contributed by atoms with E-state index in [1.807, 2.05) is 6.92 Å². The highest BCUT2D eigenvalue weighted by Gasteiger charge is 2.29. The van der Waals surface area contributed by atoms with Gasteiger partial charge in [-0.2, -0.15) is 0 Å². The predicted octanol–water partition coefficient (Wildman–Crippen LogP) is 1.95.